The number of phenolic OH excluding ortho intramolecular Hbond substituents is 1. The van der Waals surface area contributed by atoms with Crippen LogP contribution in [-0.4, -0.2) is 59.5 Å². The fourth-order valence-corrected chi connectivity index (χ4v) is 4.01. The van der Waals surface area contributed by atoms with Crippen LogP contribution in [-0.2, 0) is 0 Å². The molecule has 0 spiro atoms. The van der Waals surface area contributed by atoms with Gasteiger partial charge in [0.05, 0.1) is 18.2 Å². The lowest BCUT2D eigenvalue weighted by Crippen LogP contribution is -2.50. The van der Waals surface area contributed by atoms with Gasteiger partial charge in [0.25, 0.3) is 0 Å². The Hall–Kier alpha value is -2.85. The van der Waals surface area contributed by atoms with Crippen molar-refractivity contribution < 1.29 is 9.84 Å². The van der Waals surface area contributed by atoms with Crippen LogP contribution in [0.2, 0.25) is 0 Å². The predicted molar refractivity (Wildman–Crippen MR) is 102 cm³/mol. The van der Waals surface area contributed by atoms with E-state index >= 15 is 0 Å². The van der Waals surface area contributed by atoms with Gasteiger partial charge >= 0.3 is 0 Å². The molecule has 1 aromatic heterocycles. The van der Waals surface area contributed by atoms with Gasteiger partial charge in [0.2, 0.25) is 0 Å². The number of likely N-dealkylation sites (N-methyl/N-ethyl adjacent to an activating group) is 1. The molecular weight excluding hydrogens is 342 g/mol. The lowest BCUT2D eigenvalue weighted by molar-refractivity contribution is 0.226. The molecule has 4 rings (SSSR count). The van der Waals surface area contributed by atoms with E-state index < -0.39 is 0 Å². The number of hydrogen-bond donors (Lipinski definition) is 1. The number of hydrogen-bond acceptors (Lipinski definition) is 7. The topological polar surface area (TPSA) is 85.5 Å². The van der Waals surface area contributed by atoms with Gasteiger partial charge in [-0.3, -0.25) is 0 Å². The zero-order valence-corrected chi connectivity index (χ0v) is 15.6. The quantitative estimate of drug-likeness (QED) is 0.874. The molecule has 7 heteroatoms. The van der Waals surface area contributed by atoms with E-state index in [4.69, 9.17) is 10.00 Å². The van der Waals surface area contributed by atoms with Crippen molar-refractivity contribution in [1.29, 1.82) is 5.26 Å². The molecule has 1 saturated heterocycles. The summed E-state index contributed by atoms with van der Waals surface area (Å²) in [5.74, 6) is 1.55. The molecule has 0 aliphatic carbocycles. The van der Waals surface area contributed by atoms with Gasteiger partial charge in [0.15, 0.2) is 11.6 Å². The first-order chi connectivity index (χ1) is 13.1. The van der Waals surface area contributed by atoms with Crippen molar-refractivity contribution in [3.63, 3.8) is 0 Å². The van der Waals surface area contributed by atoms with Crippen molar-refractivity contribution in [1.82, 2.24) is 15.1 Å². The molecule has 140 valence electrons. The summed E-state index contributed by atoms with van der Waals surface area (Å²) in [5.41, 5.74) is 2.40. The van der Waals surface area contributed by atoms with Gasteiger partial charge in [0, 0.05) is 23.7 Å². The fourth-order valence-electron chi connectivity index (χ4n) is 4.01. The van der Waals surface area contributed by atoms with E-state index in [-0.39, 0.29) is 5.75 Å². The Labute approximate surface area is 158 Å². The van der Waals surface area contributed by atoms with E-state index in [9.17, 15) is 5.11 Å². The molecule has 0 saturated carbocycles. The highest BCUT2D eigenvalue weighted by atomic mass is 16.5. The van der Waals surface area contributed by atoms with Gasteiger partial charge in [0.1, 0.15) is 18.1 Å². The first kappa shape index (κ1) is 17.6. The van der Waals surface area contributed by atoms with Crippen molar-refractivity contribution in [2.75, 3.05) is 38.2 Å². The van der Waals surface area contributed by atoms with E-state index in [1.54, 1.807) is 12.1 Å². The average Bonchev–Trinajstić information content (AvgIpc) is 2.68. The third-order valence-corrected chi connectivity index (χ3v) is 5.42. The molecule has 1 aromatic carbocycles. The number of phenols is 1. The smallest absolute Gasteiger partial charge is 0.194 e. The summed E-state index contributed by atoms with van der Waals surface area (Å²) in [6.45, 7) is 5.50. The summed E-state index contributed by atoms with van der Waals surface area (Å²) in [4.78, 5) is 4.67. The first-order valence-electron chi connectivity index (χ1n) is 9.27. The number of fused-ring (bicyclic) bond motifs is 1. The second-order valence-electron chi connectivity index (χ2n) is 7.27. The average molecular weight is 365 g/mol. The number of aromatic nitrogens is 2. The molecule has 3 heterocycles. The highest BCUT2D eigenvalue weighted by Gasteiger charge is 2.31. The molecule has 2 aromatic rings. The summed E-state index contributed by atoms with van der Waals surface area (Å²) < 4.78 is 5.96. The number of aromatic hydroxyl groups is 1. The van der Waals surface area contributed by atoms with Crippen LogP contribution in [0.25, 0.3) is 11.3 Å². The second-order valence-corrected chi connectivity index (χ2v) is 7.27. The normalized spacial score (nSPS) is 19.9. The van der Waals surface area contributed by atoms with Crippen LogP contribution in [0.15, 0.2) is 18.2 Å². The molecular formula is C20H23N5O2. The third-order valence-electron chi connectivity index (χ3n) is 5.42. The monoisotopic (exact) mass is 365 g/mol. The molecule has 0 bridgehead atoms. The SMILES string of the molecule is Cc1c(-c2ccc(C#N)cc2O)nnc2c1OCCN2[C@@H]1CCCN(C)C1. The number of piperidine rings is 1. The molecule has 1 fully saturated rings. The minimum atomic E-state index is 0.0213. The molecule has 0 unspecified atom stereocenters. The number of likely N-dealkylation sites (tertiary alicyclic amines) is 1. The number of rotatable bonds is 2. The highest BCUT2D eigenvalue weighted by Crippen LogP contribution is 2.40. The lowest BCUT2D eigenvalue weighted by Gasteiger charge is -2.41. The standard InChI is InChI=1S/C20H23N5O2/c1-13-18(16-6-5-14(11-21)10-17(16)26)22-23-20-19(13)27-9-8-25(20)15-4-3-7-24(2)12-15/h5-6,10,15,26H,3-4,7-9,12H2,1-2H3/t15-/m1/s1. The third kappa shape index (κ3) is 3.17. The van der Waals surface area contributed by atoms with Crippen molar-refractivity contribution in [3.05, 3.63) is 29.3 Å². The van der Waals surface area contributed by atoms with Crippen LogP contribution in [0, 0.1) is 18.3 Å². The maximum absolute atomic E-state index is 10.3. The zero-order chi connectivity index (χ0) is 19.0. The largest absolute Gasteiger partial charge is 0.507 e. The van der Waals surface area contributed by atoms with Crippen LogP contribution in [0.3, 0.4) is 0 Å². The Balaban J connectivity index is 1.72. The molecule has 0 radical (unpaired) electrons. The molecule has 0 amide bonds. The summed E-state index contributed by atoms with van der Waals surface area (Å²) in [6.07, 6.45) is 2.32. The molecule has 2 aliphatic heterocycles. The second kappa shape index (κ2) is 7.05. The fraction of sp³-hybridized carbons (Fsp3) is 0.450. The molecule has 2 aliphatic rings. The van der Waals surface area contributed by atoms with Crippen LogP contribution in [0.1, 0.15) is 24.0 Å². The van der Waals surface area contributed by atoms with E-state index in [0.29, 0.717) is 29.5 Å². The molecule has 1 N–H and O–H groups in total. The number of ether oxygens (including phenoxy) is 1. The Morgan fingerprint density at radius 2 is 2.15 bits per heavy atom. The van der Waals surface area contributed by atoms with Gasteiger partial charge in [-0.15, -0.1) is 10.2 Å². The summed E-state index contributed by atoms with van der Waals surface area (Å²) >= 11 is 0. The highest BCUT2D eigenvalue weighted by molar-refractivity contribution is 5.75. The van der Waals surface area contributed by atoms with Gasteiger partial charge in [-0.05, 0) is 51.6 Å². The lowest BCUT2D eigenvalue weighted by atomic mass is 10.0. The van der Waals surface area contributed by atoms with E-state index in [1.807, 2.05) is 13.0 Å². The van der Waals surface area contributed by atoms with Crippen molar-refractivity contribution in [2.24, 2.45) is 0 Å². The minimum absolute atomic E-state index is 0.0213. The van der Waals surface area contributed by atoms with Crippen molar-refractivity contribution in [3.8, 4) is 28.8 Å². The van der Waals surface area contributed by atoms with Crippen molar-refractivity contribution >= 4 is 5.82 Å². The summed E-state index contributed by atoms with van der Waals surface area (Å²) in [7, 11) is 2.15. The van der Waals surface area contributed by atoms with E-state index in [0.717, 1.165) is 43.2 Å². The Morgan fingerprint density at radius 3 is 2.89 bits per heavy atom. The Bertz CT molecular complexity index is 908. The van der Waals surface area contributed by atoms with Gasteiger partial charge in [-0.25, -0.2) is 0 Å². The minimum Gasteiger partial charge on any atom is -0.507 e. The first-order valence-corrected chi connectivity index (χ1v) is 9.27. The number of nitrogens with zero attached hydrogens (tertiary/aromatic N) is 5. The van der Waals surface area contributed by atoms with Gasteiger partial charge in [-0.1, -0.05) is 0 Å². The predicted octanol–water partition coefficient (Wildman–Crippen LogP) is 2.32. The zero-order valence-electron chi connectivity index (χ0n) is 15.6. The van der Waals surface area contributed by atoms with Gasteiger partial charge in [-0.2, -0.15) is 5.26 Å². The maximum atomic E-state index is 10.3. The van der Waals surface area contributed by atoms with Crippen LogP contribution in [0.5, 0.6) is 11.5 Å². The van der Waals surface area contributed by atoms with Crippen molar-refractivity contribution in [2.45, 2.75) is 25.8 Å². The Kier molecular flexibility index (Phi) is 4.58. The maximum Gasteiger partial charge on any atom is 0.194 e. The van der Waals surface area contributed by atoms with E-state index in [1.165, 1.54) is 12.5 Å². The molecule has 7 nitrogen and oxygen atoms in total. The van der Waals surface area contributed by atoms with Crippen LogP contribution < -0.4 is 9.64 Å². The number of nitriles is 1. The van der Waals surface area contributed by atoms with E-state index in [2.05, 4.69) is 27.0 Å². The van der Waals surface area contributed by atoms with Gasteiger partial charge < -0.3 is 19.6 Å². The summed E-state index contributed by atoms with van der Waals surface area (Å²) in [6, 6.07) is 7.25. The number of anilines is 1. The Morgan fingerprint density at radius 1 is 1.30 bits per heavy atom. The van der Waals surface area contributed by atoms with Crippen LogP contribution >= 0.6 is 0 Å². The molecule has 1 atom stereocenters. The number of benzene rings is 1. The van der Waals surface area contributed by atoms with Crippen LogP contribution in [0.4, 0.5) is 5.82 Å². The summed E-state index contributed by atoms with van der Waals surface area (Å²) in [5, 5.41) is 28.2. The molecule has 27 heavy (non-hydrogen) atoms.